The second-order valence-corrected chi connectivity index (χ2v) is 5.37. The quantitative estimate of drug-likeness (QED) is 0.743. The highest BCUT2D eigenvalue weighted by molar-refractivity contribution is 5.98. The van der Waals surface area contributed by atoms with Crippen LogP contribution in [-0.2, 0) is 0 Å². The van der Waals surface area contributed by atoms with E-state index in [1.54, 1.807) is 30.5 Å². The maximum absolute atomic E-state index is 12.9. The van der Waals surface area contributed by atoms with E-state index in [0.717, 1.165) is 5.56 Å². The van der Waals surface area contributed by atoms with Crippen molar-refractivity contribution in [1.29, 1.82) is 0 Å². The van der Waals surface area contributed by atoms with Gasteiger partial charge >= 0.3 is 0 Å². The van der Waals surface area contributed by atoms with Gasteiger partial charge in [-0.15, -0.1) is 0 Å². The molecular weight excluding hydrogens is 318 g/mol. The molecule has 0 radical (unpaired) electrons. The van der Waals surface area contributed by atoms with Crippen molar-refractivity contribution in [2.24, 2.45) is 0 Å². The molecule has 1 amide bonds. The highest BCUT2D eigenvalue weighted by Gasteiger charge is 2.23. The molecular formula is C20H19NO4. The van der Waals surface area contributed by atoms with Crippen LogP contribution in [0.5, 0.6) is 11.5 Å². The van der Waals surface area contributed by atoms with Crippen molar-refractivity contribution in [3.63, 3.8) is 0 Å². The fourth-order valence-electron chi connectivity index (χ4n) is 2.69. The summed E-state index contributed by atoms with van der Waals surface area (Å²) in [6, 6.07) is 18.1. The first-order valence-corrected chi connectivity index (χ1v) is 7.84. The number of furan rings is 1. The lowest BCUT2D eigenvalue weighted by atomic mass is 10.0. The number of methoxy groups -OCH3 is 2. The third-order valence-corrected chi connectivity index (χ3v) is 3.88. The molecule has 0 aliphatic heterocycles. The van der Waals surface area contributed by atoms with Gasteiger partial charge in [0.25, 0.3) is 5.91 Å². The number of carbonyl (C=O) groups excluding carboxylic acids is 1. The molecule has 1 unspecified atom stereocenters. The Morgan fingerprint density at radius 2 is 1.76 bits per heavy atom. The predicted molar refractivity (Wildman–Crippen MR) is 94.0 cm³/mol. The highest BCUT2D eigenvalue weighted by atomic mass is 16.5. The Balaban J connectivity index is 1.94. The summed E-state index contributed by atoms with van der Waals surface area (Å²) in [5.74, 6) is 1.28. The smallest absolute Gasteiger partial charge is 0.256 e. The van der Waals surface area contributed by atoms with Crippen LogP contribution in [0, 0.1) is 0 Å². The van der Waals surface area contributed by atoms with Gasteiger partial charge in [0.15, 0.2) is 11.5 Å². The number of nitrogens with one attached hydrogen (secondary N) is 1. The summed E-state index contributed by atoms with van der Waals surface area (Å²) in [5.41, 5.74) is 1.32. The van der Waals surface area contributed by atoms with Crippen molar-refractivity contribution >= 4 is 5.91 Å². The van der Waals surface area contributed by atoms with E-state index in [4.69, 9.17) is 13.9 Å². The van der Waals surface area contributed by atoms with Crippen LogP contribution in [-0.4, -0.2) is 20.1 Å². The maximum atomic E-state index is 12.9. The van der Waals surface area contributed by atoms with Gasteiger partial charge in [-0.2, -0.15) is 0 Å². The second-order valence-electron chi connectivity index (χ2n) is 5.37. The number of para-hydroxylation sites is 1. The largest absolute Gasteiger partial charge is 0.493 e. The molecule has 2 aromatic carbocycles. The van der Waals surface area contributed by atoms with Crippen molar-refractivity contribution < 1.29 is 18.7 Å². The first kappa shape index (κ1) is 16.6. The van der Waals surface area contributed by atoms with Crippen molar-refractivity contribution in [3.05, 3.63) is 83.8 Å². The molecule has 3 aromatic rings. The molecule has 5 heteroatoms. The van der Waals surface area contributed by atoms with Gasteiger partial charge in [0, 0.05) is 0 Å². The lowest BCUT2D eigenvalue weighted by Crippen LogP contribution is -2.29. The molecule has 25 heavy (non-hydrogen) atoms. The number of hydrogen-bond donors (Lipinski definition) is 1. The van der Waals surface area contributed by atoms with Gasteiger partial charge in [0.1, 0.15) is 11.8 Å². The van der Waals surface area contributed by atoms with E-state index in [0.29, 0.717) is 22.8 Å². The fraction of sp³-hybridized carbons (Fsp3) is 0.150. The monoisotopic (exact) mass is 337 g/mol. The molecule has 0 aliphatic rings. The fourth-order valence-corrected chi connectivity index (χ4v) is 2.69. The van der Waals surface area contributed by atoms with Crippen LogP contribution in [0.15, 0.2) is 71.3 Å². The van der Waals surface area contributed by atoms with Crippen molar-refractivity contribution in [1.82, 2.24) is 5.32 Å². The lowest BCUT2D eigenvalue weighted by Gasteiger charge is -2.19. The van der Waals surface area contributed by atoms with Crippen LogP contribution >= 0.6 is 0 Å². The number of hydrogen-bond acceptors (Lipinski definition) is 4. The van der Waals surface area contributed by atoms with Gasteiger partial charge in [-0.1, -0.05) is 36.4 Å². The Hall–Kier alpha value is -3.21. The summed E-state index contributed by atoms with van der Waals surface area (Å²) in [4.78, 5) is 12.9. The van der Waals surface area contributed by atoms with Crippen molar-refractivity contribution in [3.8, 4) is 11.5 Å². The molecule has 0 saturated carbocycles. The van der Waals surface area contributed by atoms with E-state index in [9.17, 15) is 4.79 Å². The minimum atomic E-state index is -0.403. The van der Waals surface area contributed by atoms with Crippen LogP contribution in [0.25, 0.3) is 0 Å². The molecule has 3 rings (SSSR count). The zero-order valence-electron chi connectivity index (χ0n) is 14.1. The van der Waals surface area contributed by atoms with Crippen LogP contribution in [0.4, 0.5) is 0 Å². The van der Waals surface area contributed by atoms with Crippen LogP contribution in [0.1, 0.15) is 27.7 Å². The van der Waals surface area contributed by atoms with Gasteiger partial charge in [0.2, 0.25) is 0 Å². The molecule has 0 bridgehead atoms. The molecule has 0 aliphatic carbocycles. The van der Waals surface area contributed by atoms with Gasteiger partial charge in [-0.05, 0) is 29.8 Å². The average Bonchev–Trinajstić information content (AvgIpc) is 3.20. The molecule has 0 saturated heterocycles. The Kier molecular flexibility index (Phi) is 5.04. The topological polar surface area (TPSA) is 60.7 Å². The Morgan fingerprint density at radius 3 is 2.40 bits per heavy atom. The predicted octanol–water partition coefficient (Wildman–Crippen LogP) is 3.82. The second kappa shape index (κ2) is 7.57. The summed E-state index contributed by atoms with van der Waals surface area (Å²) in [5, 5.41) is 3.01. The van der Waals surface area contributed by atoms with E-state index >= 15 is 0 Å². The number of rotatable bonds is 6. The molecule has 5 nitrogen and oxygen atoms in total. The Labute approximate surface area is 146 Å². The number of amides is 1. The number of carbonyl (C=O) groups is 1. The number of benzene rings is 2. The van der Waals surface area contributed by atoms with Crippen LogP contribution < -0.4 is 14.8 Å². The minimum Gasteiger partial charge on any atom is -0.493 e. The summed E-state index contributed by atoms with van der Waals surface area (Å²) >= 11 is 0. The van der Waals surface area contributed by atoms with Crippen molar-refractivity contribution in [2.45, 2.75) is 6.04 Å². The summed E-state index contributed by atoms with van der Waals surface area (Å²) in [6.07, 6.45) is 1.59. The molecule has 1 aromatic heterocycles. The van der Waals surface area contributed by atoms with E-state index in [1.807, 2.05) is 36.4 Å². The molecule has 0 fully saturated rings. The lowest BCUT2D eigenvalue weighted by molar-refractivity contribution is 0.0935. The van der Waals surface area contributed by atoms with Crippen LogP contribution in [0.2, 0.25) is 0 Å². The molecule has 0 spiro atoms. The van der Waals surface area contributed by atoms with Crippen LogP contribution in [0.3, 0.4) is 0 Å². The number of ether oxygens (including phenoxy) is 2. The zero-order valence-corrected chi connectivity index (χ0v) is 14.1. The molecule has 1 heterocycles. The van der Waals surface area contributed by atoms with E-state index < -0.39 is 6.04 Å². The summed E-state index contributed by atoms with van der Waals surface area (Å²) in [7, 11) is 3.05. The summed E-state index contributed by atoms with van der Waals surface area (Å²) < 4.78 is 16.1. The van der Waals surface area contributed by atoms with Gasteiger partial charge < -0.3 is 19.2 Å². The normalized spacial score (nSPS) is 11.6. The molecule has 128 valence electrons. The van der Waals surface area contributed by atoms with Gasteiger partial charge in [-0.25, -0.2) is 0 Å². The Morgan fingerprint density at radius 1 is 0.960 bits per heavy atom. The molecule has 1 N–H and O–H groups in total. The minimum absolute atomic E-state index is 0.277. The maximum Gasteiger partial charge on any atom is 0.256 e. The first-order chi connectivity index (χ1) is 12.2. The standard InChI is InChI=1S/C20H19NO4/c1-23-17-11-6-10-15(19(17)24-2)20(22)21-18(16-12-7-13-25-16)14-8-4-3-5-9-14/h3-13,18H,1-2H3,(H,21,22). The third kappa shape index (κ3) is 3.50. The first-order valence-electron chi connectivity index (χ1n) is 7.84. The van der Waals surface area contributed by atoms with Gasteiger partial charge in [-0.3, -0.25) is 4.79 Å². The zero-order chi connectivity index (χ0) is 17.6. The van der Waals surface area contributed by atoms with Gasteiger partial charge in [0.05, 0.1) is 26.0 Å². The van der Waals surface area contributed by atoms with E-state index in [-0.39, 0.29) is 5.91 Å². The highest BCUT2D eigenvalue weighted by Crippen LogP contribution is 2.31. The van der Waals surface area contributed by atoms with Crippen molar-refractivity contribution in [2.75, 3.05) is 14.2 Å². The summed E-state index contributed by atoms with van der Waals surface area (Å²) in [6.45, 7) is 0. The third-order valence-electron chi connectivity index (χ3n) is 3.88. The van der Waals surface area contributed by atoms with E-state index in [2.05, 4.69) is 5.32 Å². The Bertz CT molecular complexity index is 828. The SMILES string of the molecule is COc1cccc(C(=O)NC(c2ccccc2)c2ccco2)c1OC. The van der Waals surface area contributed by atoms with E-state index in [1.165, 1.54) is 14.2 Å². The average molecular weight is 337 g/mol. The molecule has 1 atom stereocenters.